The molecule has 68 valence electrons. The Morgan fingerprint density at radius 2 is 1.73 bits per heavy atom. The van der Waals surface area contributed by atoms with Crippen LogP contribution >= 0.6 is 15.9 Å². The first-order valence-corrected chi connectivity index (χ1v) is 4.84. The largest absolute Gasteiger partial charge is 0.239 e. The van der Waals surface area contributed by atoms with E-state index in [2.05, 4.69) is 15.9 Å². The Bertz CT molecular complexity index is 107. The number of rotatable bonds is 3. The minimum atomic E-state index is -2.18. The highest BCUT2D eigenvalue weighted by molar-refractivity contribution is 9.09. The van der Waals surface area contributed by atoms with Crippen LogP contribution in [0.15, 0.2) is 0 Å². The van der Waals surface area contributed by atoms with Gasteiger partial charge < -0.3 is 0 Å². The molecule has 0 aliphatic carbocycles. The van der Waals surface area contributed by atoms with Crippen LogP contribution in [0.2, 0.25) is 0 Å². The number of alkyl halides is 3. The van der Waals surface area contributed by atoms with Crippen LogP contribution in [0.25, 0.3) is 0 Å². The fraction of sp³-hybridized carbons (Fsp3) is 1.00. The van der Waals surface area contributed by atoms with Crippen LogP contribution < -0.4 is 0 Å². The van der Waals surface area contributed by atoms with Gasteiger partial charge in [-0.1, -0.05) is 36.7 Å². The summed E-state index contributed by atoms with van der Waals surface area (Å²) in [5.74, 6) is 0.0579. The summed E-state index contributed by atoms with van der Waals surface area (Å²) in [6, 6.07) is 0. The zero-order valence-corrected chi connectivity index (χ0v) is 8.79. The van der Waals surface area contributed by atoms with Crippen LogP contribution in [0.5, 0.6) is 0 Å². The van der Waals surface area contributed by atoms with Crippen LogP contribution in [-0.2, 0) is 0 Å². The van der Waals surface area contributed by atoms with Gasteiger partial charge in [0, 0.05) is 11.8 Å². The van der Waals surface area contributed by atoms with Gasteiger partial charge in [0.1, 0.15) is 0 Å². The second kappa shape index (κ2) is 4.39. The van der Waals surface area contributed by atoms with Crippen LogP contribution in [0, 0.1) is 11.3 Å². The molecule has 0 saturated heterocycles. The number of halogens is 3. The summed E-state index contributed by atoms with van der Waals surface area (Å²) in [6.07, 6.45) is -2.19. The van der Waals surface area contributed by atoms with Gasteiger partial charge in [0.2, 0.25) is 6.43 Å². The first kappa shape index (κ1) is 11.3. The molecule has 0 aromatic carbocycles. The first-order chi connectivity index (χ1) is 4.88. The van der Waals surface area contributed by atoms with Crippen molar-refractivity contribution in [2.45, 2.75) is 33.6 Å². The maximum atomic E-state index is 12.0. The average Bonchev–Trinajstić information content (AvgIpc) is 1.79. The van der Waals surface area contributed by atoms with Gasteiger partial charge in [-0.3, -0.25) is 0 Å². The molecule has 11 heavy (non-hydrogen) atoms. The highest BCUT2D eigenvalue weighted by Crippen LogP contribution is 2.31. The normalized spacial score (nSPS) is 15.5. The molecule has 0 amide bonds. The van der Waals surface area contributed by atoms with Gasteiger partial charge >= 0.3 is 0 Å². The van der Waals surface area contributed by atoms with Gasteiger partial charge in [0.05, 0.1) is 0 Å². The maximum absolute atomic E-state index is 12.0. The Kier molecular flexibility index (Phi) is 4.52. The molecular weight excluding hydrogens is 214 g/mol. The first-order valence-electron chi connectivity index (χ1n) is 3.72. The molecule has 3 heteroatoms. The number of hydrogen-bond donors (Lipinski definition) is 0. The molecule has 0 aromatic heterocycles. The summed E-state index contributed by atoms with van der Waals surface area (Å²) in [7, 11) is 0. The van der Waals surface area contributed by atoms with Gasteiger partial charge in [-0.2, -0.15) is 0 Å². The average molecular weight is 229 g/mol. The SMILES string of the molecule is CC(C)(C)C(CBr)CC(F)F. The summed E-state index contributed by atoms with van der Waals surface area (Å²) in [5, 5.41) is 0.654. The van der Waals surface area contributed by atoms with Gasteiger partial charge in [-0.25, -0.2) is 8.78 Å². The Morgan fingerprint density at radius 1 is 1.27 bits per heavy atom. The Balaban J connectivity index is 3.96. The smallest absolute Gasteiger partial charge is 0.211 e. The second-order valence-corrected chi connectivity index (χ2v) is 4.49. The van der Waals surface area contributed by atoms with E-state index in [4.69, 9.17) is 0 Å². The summed E-state index contributed by atoms with van der Waals surface area (Å²) in [6.45, 7) is 5.96. The van der Waals surface area contributed by atoms with Crippen molar-refractivity contribution < 1.29 is 8.78 Å². The summed E-state index contributed by atoms with van der Waals surface area (Å²) in [4.78, 5) is 0. The summed E-state index contributed by atoms with van der Waals surface area (Å²) in [5.41, 5.74) is -0.0278. The molecule has 0 radical (unpaired) electrons. The monoisotopic (exact) mass is 228 g/mol. The van der Waals surface area contributed by atoms with Crippen molar-refractivity contribution in [2.24, 2.45) is 11.3 Å². The number of hydrogen-bond acceptors (Lipinski definition) is 0. The van der Waals surface area contributed by atoms with E-state index >= 15 is 0 Å². The highest BCUT2D eigenvalue weighted by atomic mass is 79.9. The fourth-order valence-electron chi connectivity index (χ4n) is 0.863. The van der Waals surface area contributed by atoms with Crippen LogP contribution in [0.4, 0.5) is 8.78 Å². The standard InChI is InChI=1S/C8H15BrF2/c1-8(2,3)6(5-9)4-7(10)11/h6-7H,4-5H2,1-3H3. The lowest BCUT2D eigenvalue weighted by atomic mass is 9.80. The van der Waals surface area contributed by atoms with E-state index in [1.54, 1.807) is 0 Å². The van der Waals surface area contributed by atoms with Crippen molar-refractivity contribution in [2.75, 3.05) is 5.33 Å². The molecule has 0 nitrogen and oxygen atoms in total. The van der Waals surface area contributed by atoms with E-state index in [1.165, 1.54) is 0 Å². The molecule has 0 aromatic rings. The second-order valence-electron chi connectivity index (χ2n) is 3.84. The maximum Gasteiger partial charge on any atom is 0.239 e. The lowest BCUT2D eigenvalue weighted by molar-refractivity contribution is 0.0884. The molecule has 0 aliphatic heterocycles. The molecule has 0 saturated carbocycles. The Morgan fingerprint density at radius 3 is 1.82 bits per heavy atom. The molecule has 1 unspecified atom stereocenters. The lowest BCUT2D eigenvalue weighted by Crippen LogP contribution is -2.23. The minimum absolute atomic E-state index is 0.00521. The molecule has 0 fully saturated rings. The van der Waals surface area contributed by atoms with Crippen molar-refractivity contribution >= 4 is 15.9 Å². The zero-order chi connectivity index (χ0) is 9.07. The molecule has 0 heterocycles. The van der Waals surface area contributed by atoms with Crippen LogP contribution in [0.3, 0.4) is 0 Å². The van der Waals surface area contributed by atoms with Crippen LogP contribution in [-0.4, -0.2) is 11.8 Å². The third-order valence-electron chi connectivity index (χ3n) is 1.87. The van der Waals surface area contributed by atoms with E-state index in [1.807, 2.05) is 20.8 Å². The summed E-state index contributed by atoms with van der Waals surface area (Å²) >= 11 is 3.25. The van der Waals surface area contributed by atoms with Crippen molar-refractivity contribution in [3.63, 3.8) is 0 Å². The Hall–Kier alpha value is 0.340. The third-order valence-corrected chi connectivity index (χ3v) is 2.66. The van der Waals surface area contributed by atoms with E-state index in [-0.39, 0.29) is 17.8 Å². The van der Waals surface area contributed by atoms with Gasteiger partial charge in [-0.15, -0.1) is 0 Å². The minimum Gasteiger partial charge on any atom is -0.211 e. The summed E-state index contributed by atoms with van der Waals surface area (Å²) < 4.78 is 24.0. The predicted molar refractivity (Wildman–Crippen MR) is 47.4 cm³/mol. The molecule has 1 atom stereocenters. The molecule has 0 rings (SSSR count). The highest BCUT2D eigenvalue weighted by Gasteiger charge is 2.26. The van der Waals surface area contributed by atoms with Crippen molar-refractivity contribution in [1.29, 1.82) is 0 Å². The van der Waals surface area contributed by atoms with Gasteiger partial charge in [0.15, 0.2) is 0 Å². The molecular formula is C8H15BrF2. The third kappa shape index (κ3) is 4.72. The quantitative estimate of drug-likeness (QED) is 0.647. The molecule has 0 bridgehead atoms. The fourth-order valence-corrected chi connectivity index (χ4v) is 2.10. The lowest BCUT2D eigenvalue weighted by Gasteiger charge is -2.28. The zero-order valence-electron chi connectivity index (χ0n) is 7.20. The van der Waals surface area contributed by atoms with Gasteiger partial charge in [0.25, 0.3) is 0 Å². The topological polar surface area (TPSA) is 0 Å². The van der Waals surface area contributed by atoms with Gasteiger partial charge in [-0.05, 0) is 11.3 Å². The Labute approximate surface area is 75.5 Å². The van der Waals surface area contributed by atoms with E-state index < -0.39 is 6.43 Å². The van der Waals surface area contributed by atoms with Crippen molar-refractivity contribution in [3.05, 3.63) is 0 Å². The molecule has 0 spiro atoms. The predicted octanol–water partition coefficient (Wildman–Crippen LogP) is 3.70. The van der Waals surface area contributed by atoms with Crippen molar-refractivity contribution in [1.82, 2.24) is 0 Å². The van der Waals surface area contributed by atoms with Crippen molar-refractivity contribution in [3.8, 4) is 0 Å². The van der Waals surface area contributed by atoms with E-state index in [9.17, 15) is 8.78 Å². The molecule has 0 aliphatic rings. The van der Waals surface area contributed by atoms with E-state index in [0.29, 0.717) is 5.33 Å². The molecule has 0 N–H and O–H groups in total. The van der Waals surface area contributed by atoms with Crippen LogP contribution in [0.1, 0.15) is 27.2 Å². The van der Waals surface area contributed by atoms with E-state index in [0.717, 1.165) is 0 Å².